The quantitative estimate of drug-likeness (QED) is 0.0279. The van der Waals surface area contributed by atoms with E-state index in [9.17, 15) is 48.6 Å². The van der Waals surface area contributed by atoms with Gasteiger partial charge in [-0.1, -0.05) is 46.2 Å². The molecule has 1 aromatic carbocycles. The number of likely N-dealkylation sites (N-methyl/N-ethyl adjacent to an activating group) is 1. The van der Waals surface area contributed by atoms with E-state index < -0.39 is 119 Å². The summed E-state index contributed by atoms with van der Waals surface area (Å²) >= 11 is 0. The lowest BCUT2D eigenvalue weighted by Crippen LogP contribution is -2.62. The van der Waals surface area contributed by atoms with E-state index in [1.165, 1.54) is 36.5 Å². The molecule has 78 heavy (non-hydrogen) atoms. The lowest BCUT2D eigenvalue weighted by atomic mass is 9.96. The van der Waals surface area contributed by atoms with Crippen molar-refractivity contribution in [3.63, 3.8) is 0 Å². The van der Waals surface area contributed by atoms with Crippen LogP contribution in [0.25, 0.3) is 0 Å². The van der Waals surface area contributed by atoms with Gasteiger partial charge in [-0.05, 0) is 69.2 Å². The Morgan fingerprint density at radius 1 is 0.744 bits per heavy atom. The number of hydrogen-bond donors (Lipinski definition) is 15. The molecule has 1 saturated heterocycles. The van der Waals surface area contributed by atoms with Gasteiger partial charge in [-0.25, -0.2) is 4.98 Å². The molecule has 1 aromatic heterocycles. The Hall–Kier alpha value is -8.37. The molecule has 1 aliphatic rings. The van der Waals surface area contributed by atoms with Gasteiger partial charge in [0, 0.05) is 58.6 Å². The van der Waals surface area contributed by atoms with Gasteiger partial charge < -0.3 is 84.1 Å². The number of hydrogen-bond acceptors (Lipinski definition) is 15. The molecule has 29 nitrogen and oxygen atoms in total. The van der Waals surface area contributed by atoms with Crippen molar-refractivity contribution < 1.29 is 78.3 Å². The van der Waals surface area contributed by atoms with Crippen molar-refractivity contribution in [3.8, 4) is 5.75 Å². The van der Waals surface area contributed by atoms with Crippen molar-refractivity contribution >= 4 is 71.2 Å². The van der Waals surface area contributed by atoms with Crippen LogP contribution in [0.3, 0.4) is 0 Å². The van der Waals surface area contributed by atoms with Crippen molar-refractivity contribution in [2.24, 2.45) is 28.3 Å². The molecule has 3 rings (SSSR count). The molecule has 2 heterocycles. The van der Waals surface area contributed by atoms with Gasteiger partial charge in [-0.2, -0.15) is 0 Å². The number of imidazole rings is 1. The van der Waals surface area contributed by atoms with Crippen LogP contribution in [0.5, 0.6) is 5.75 Å². The molecule has 1 aliphatic heterocycles. The number of nitrogens with one attached hydrogen (secondary N) is 8. The fourth-order valence-electron chi connectivity index (χ4n) is 7.21. The highest BCUT2D eigenvalue weighted by Gasteiger charge is 2.40. The number of carbonyl (C=O) groups excluding carboxylic acids is 7. The largest absolute Gasteiger partial charge is 0.508 e. The number of carboxylic acid groups (broad SMARTS) is 4. The first kappa shape index (κ1) is 69.6. The van der Waals surface area contributed by atoms with Crippen LogP contribution in [0.2, 0.25) is 0 Å². The maximum atomic E-state index is 14.4. The normalized spacial score (nSPS) is 15.0. The Kier molecular flexibility index (Phi) is 32.7. The molecule has 0 unspecified atom stereocenters. The highest BCUT2D eigenvalue weighted by molar-refractivity contribution is 5.98. The third-order valence-electron chi connectivity index (χ3n) is 11.1. The van der Waals surface area contributed by atoms with Crippen molar-refractivity contribution in [1.82, 2.24) is 52.1 Å². The van der Waals surface area contributed by atoms with Crippen LogP contribution in [0.15, 0.2) is 41.8 Å². The Morgan fingerprint density at radius 3 is 1.78 bits per heavy atom. The SMILES string of the molecule is CC(=O)O.CC(=O)O.CC(=O)O.CC[C@H](C)[C@H](NC(=O)[C@H](Cc1ccc(O)cc1)NC(=O)[C@@H](NC(=O)[C@H](CCCN=C(N)N)NC(=O)CNC)C(C)C)C(=O)N[C@@H](Cc1cnc[nH]1)C(=O)N1CCC[C@H]1C(=O)N[C@@H](C)C(=O)O. The number of phenols is 1. The number of aromatic hydroxyl groups is 1. The van der Waals surface area contributed by atoms with Crippen molar-refractivity contribution in [3.05, 3.63) is 48.0 Å². The summed E-state index contributed by atoms with van der Waals surface area (Å²) in [6.07, 6.45) is 4.25. The lowest BCUT2D eigenvalue weighted by Gasteiger charge is -2.32. The number of carbonyl (C=O) groups is 11. The minimum absolute atomic E-state index is 0.0375. The second-order valence-corrected chi connectivity index (χ2v) is 18.3. The second-order valence-electron chi connectivity index (χ2n) is 18.3. The molecule has 0 radical (unpaired) electrons. The van der Waals surface area contributed by atoms with Gasteiger partial charge in [-0.15, -0.1) is 0 Å². The third kappa shape index (κ3) is 28.5. The van der Waals surface area contributed by atoms with Gasteiger partial charge in [0.15, 0.2) is 5.96 Å². The fourth-order valence-corrected chi connectivity index (χ4v) is 7.21. The number of guanidine groups is 1. The van der Waals surface area contributed by atoms with Gasteiger partial charge in [0.2, 0.25) is 41.4 Å². The number of likely N-dealkylation sites (tertiary alicyclic amines) is 1. The zero-order valence-electron chi connectivity index (χ0n) is 45.5. The first-order chi connectivity index (χ1) is 36.4. The van der Waals surface area contributed by atoms with E-state index in [0.717, 1.165) is 20.8 Å². The van der Waals surface area contributed by atoms with Gasteiger partial charge in [0.05, 0.1) is 12.9 Å². The summed E-state index contributed by atoms with van der Waals surface area (Å²) in [7, 11) is 1.57. The number of benzene rings is 1. The topological polar surface area (TPSA) is 469 Å². The Bertz CT molecular complexity index is 2270. The minimum atomic E-state index is -1.34. The first-order valence-electron chi connectivity index (χ1n) is 24.8. The highest BCUT2D eigenvalue weighted by Crippen LogP contribution is 2.21. The average molecular weight is 1110 g/mol. The summed E-state index contributed by atoms with van der Waals surface area (Å²) in [5, 5.41) is 60.4. The van der Waals surface area contributed by atoms with Crippen molar-refractivity contribution in [1.29, 1.82) is 0 Å². The van der Waals surface area contributed by atoms with Crippen LogP contribution in [-0.2, 0) is 65.6 Å². The van der Waals surface area contributed by atoms with E-state index in [-0.39, 0.29) is 57.0 Å². The van der Waals surface area contributed by atoms with Crippen LogP contribution in [0.4, 0.5) is 0 Å². The minimum Gasteiger partial charge on any atom is -0.508 e. The van der Waals surface area contributed by atoms with Crippen LogP contribution in [0.1, 0.15) is 98.8 Å². The van der Waals surface area contributed by atoms with Crippen LogP contribution in [0, 0.1) is 11.8 Å². The molecule has 7 amide bonds. The number of rotatable bonds is 26. The molecule has 17 N–H and O–H groups in total. The number of aromatic nitrogens is 2. The summed E-state index contributed by atoms with van der Waals surface area (Å²) in [5.41, 5.74) is 11.9. The number of aliphatic imine (C=N–C) groups is 1. The highest BCUT2D eigenvalue weighted by atomic mass is 16.4. The predicted octanol–water partition coefficient (Wildman–Crippen LogP) is -1.85. The fraction of sp³-hybridized carbons (Fsp3) is 0.571. The number of carboxylic acids is 4. The summed E-state index contributed by atoms with van der Waals surface area (Å²) in [4.78, 5) is 147. The molecule has 0 spiro atoms. The number of nitrogens with zero attached hydrogens (tertiary/aromatic N) is 3. The van der Waals surface area contributed by atoms with E-state index >= 15 is 0 Å². The number of aliphatic carboxylic acids is 4. The molecule has 0 aliphatic carbocycles. The number of H-pyrrole nitrogens is 1. The molecule has 2 aromatic rings. The summed E-state index contributed by atoms with van der Waals surface area (Å²) in [6.45, 7) is 11.7. The molecular formula is C49H79N13O16. The lowest BCUT2D eigenvalue weighted by molar-refractivity contribution is -0.144. The molecule has 29 heteroatoms. The Balaban J connectivity index is 0.00000446. The smallest absolute Gasteiger partial charge is 0.325 e. The zero-order chi connectivity index (χ0) is 59.8. The second kappa shape index (κ2) is 36.6. The van der Waals surface area contributed by atoms with E-state index in [2.05, 4.69) is 52.2 Å². The van der Waals surface area contributed by atoms with Crippen LogP contribution in [-0.4, -0.2) is 181 Å². The monoisotopic (exact) mass is 1110 g/mol. The maximum absolute atomic E-state index is 14.4. The first-order valence-corrected chi connectivity index (χ1v) is 24.8. The van der Waals surface area contributed by atoms with E-state index in [4.69, 9.17) is 41.2 Å². The molecule has 0 bridgehead atoms. The summed E-state index contributed by atoms with van der Waals surface area (Å²) in [6, 6.07) is -2.40. The van der Waals surface area contributed by atoms with Crippen molar-refractivity contribution in [2.45, 2.75) is 143 Å². The maximum Gasteiger partial charge on any atom is 0.325 e. The standard InChI is InChI=1S/C43H67N13O10.3C2H4O2/c1-7-24(4)35(40(63)53-31(19-27-20-47-22-49-27)41(64)56-17-9-11-32(56)38(61)50-25(5)42(65)66)55-37(60)30(18-26-12-14-28(57)15-13-26)52-39(62)34(23(2)3)54-36(59)29(51-33(58)21-46-6)10-8-16-48-43(44)45;3*1-2(3)4/h12-15,20,22-25,29-32,34-35,46,57H,7-11,16-19,21H2,1-6H3,(H,47,49)(H,50,61)(H,51,58)(H,52,62)(H,53,63)(H,54,59)(H,55,60)(H,65,66)(H4,44,45,48);3*1H3,(H,3,4)/t24-,25-,29-,30-,31-,32-,34-,35-;;;/m0.../s1. The Morgan fingerprint density at radius 2 is 1.28 bits per heavy atom. The van der Waals surface area contributed by atoms with E-state index in [1.807, 2.05) is 0 Å². The number of aromatic amines is 1. The molecule has 1 fully saturated rings. The molecule has 8 atom stereocenters. The molecular weight excluding hydrogens is 1030 g/mol. The van der Waals surface area contributed by atoms with Gasteiger partial charge >= 0.3 is 5.97 Å². The number of nitrogens with two attached hydrogens (primary N) is 2. The van der Waals surface area contributed by atoms with Crippen LogP contribution >= 0.6 is 0 Å². The third-order valence-corrected chi connectivity index (χ3v) is 11.1. The molecule has 436 valence electrons. The van der Waals surface area contributed by atoms with Crippen molar-refractivity contribution in [2.75, 3.05) is 26.7 Å². The average Bonchev–Trinajstić information content (AvgIpc) is 4.06. The zero-order valence-corrected chi connectivity index (χ0v) is 45.5. The predicted molar refractivity (Wildman–Crippen MR) is 282 cm³/mol. The van der Waals surface area contributed by atoms with Gasteiger partial charge in [0.1, 0.15) is 48.0 Å². The van der Waals surface area contributed by atoms with E-state index in [1.54, 1.807) is 46.9 Å². The summed E-state index contributed by atoms with van der Waals surface area (Å²) in [5.74, 6) is -9.60. The summed E-state index contributed by atoms with van der Waals surface area (Å²) < 4.78 is 0. The number of phenolic OH excluding ortho intramolecular Hbond substituents is 1. The number of amides is 7. The van der Waals surface area contributed by atoms with E-state index in [0.29, 0.717) is 30.5 Å². The molecule has 0 saturated carbocycles. The van der Waals surface area contributed by atoms with Gasteiger partial charge in [0.25, 0.3) is 17.9 Å². The Labute approximate surface area is 451 Å². The van der Waals surface area contributed by atoms with Gasteiger partial charge in [-0.3, -0.25) is 57.7 Å². The van der Waals surface area contributed by atoms with Crippen LogP contribution < -0.4 is 48.7 Å².